The van der Waals surface area contributed by atoms with Crippen LogP contribution in [0, 0.1) is 0 Å². The van der Waals surface area contributed by atoms with E-state index in [-0.39, 0.29) is 11.6 Å². The lowest BCUT2D eigenvalue weighted by Crippen LogP contribution is -2.51. The lowest BCUT2D eigenvalue weighted by Gasteiger charge is -2.33. The van der Waals surface area contributed by atoms with Gasteiger partial charge >= 0.3 is 0 Å². The van der Waals surface area contributed by atoms with Crippen molar-refractivity contribution in [3.63, 3.8) is 0 Å². The predicted octanol–water partition coefficient (Wildman–Crippen LogP) is 3.95. The van der Waals surface area contributed by atoms with Gasteiger partial charge in [-0.25, -0.2) is 0 Å². The van der Waals surface area contributed by atoms with Gasteiger partial charge in [0.25, 0.3) is 0 Å². The van der Waals surface area contributed by atoms with Crippen molar-refractivity contribution in [3.05, 3.63) is 70.7 Å². The Morgan fingerprint density at radius 1 is 1.10 bits per heavy atom. The van der Waals surface area contributed by atoms with Gasteiger partial charge < -0.3 is 11.1 Å². The van der Waals surface area contributed by atoms with Gasteiger partial charge in [0.2, 0.25) is 0 Å². The van der Waals surface area contributed by atoms with Crippen LogP contribution < -0.4 is 11.1 Å². The SMILES string of the molecule is CC(NC(C)(CN)Cc1ccc(Cl)cc1)c1ccccc1. The van der Waals surface area contributed by atoms with Gasteiger partial charge in [-0.3, -0.25) is 0 Å². The van der Waals surface area contributed by atoms with E-state index in [9.17, 15) is 0 Å². The van der Waals surface area contributed by atoms with Gasteiger partial charge in [0.15, 0.2) is 0 Å². The normalized spacial score (nSPS) is 15.4. The molecule has 2 aromatic rings. The molecule has 3 heteroatoms. The van der Waals surface area contributed by atoms with Gasteiger partial charge in [-0.2, -0.15) is 0 Å². The molecule has 2 atom stereocenters. The summed E-state index contributed by atoms with van der Waals surface area (Å²) in [4.78, 5) is 0. The van der Waals surface area contributed by atoms with E-state index >= 15 is 0 Å². The predicted molar refractivity (Wildman–Crippen MR) is 90.6 cm³/mol. The fourth-order valence-electron chi connectivity index (χ4n) is 2.58. The maximum Gasteiger partial charge on any atom is 0.0406 e. The highest BCUT2D eigenvalue weighted by Crippen LogP contribution is 2.20. The lowest BCUT2D eigenvalue weighted by molar-refractivity contribution is 0.325. The third-order valence-electron chi connectivity index (χ3n) is 3.82. The molecule has 0 fully saturated rings. The van der Waals surface area contributed by atoms with E-state index < -0.39 is 0 Å². The number of halogens is 1. The van der Waals surface area contributed by atoms with E-state index in [1.165, 1.54) is 11.1 Å². The van der Waals surface area contributed by atoms with E-state index in [0.29, 0.717) is 6.54 Å². The van der Waals surface area contributed by atoms with Crippen LogP contribution in [0.1, 0.15) is 31.0 Å². The molecule has 0 aromatic heterocycles. The first kappa shape index (κ1) is 16.0. The zero-order valence-corrected chi connectivity index (χ0v) is 13.4. The molecule has 0 spiro atoms. The molecule has 2 rings (SSSR count). The summed E-state index contributed by atoms with van der Waals surface area (Å²) < 4.78 is 0. The van der Waals surface area contributed by atoms with Crippen LogP contribution in [-0.4, -0.2) is 12.1 Å². The molecular formula is C18H23ClN2. The summed E-state index contributed by atoms with van der Waals surface area (Å²) in [6, 6.07) is 18.7. The topological polar surface area (TPSA) is 38.0 Å². The molecule has 0 heterocycles. The fourth-order valence-corrected chi connectivity index (χ4v) is 2.71. The first-order chi connectivity index (χ1) is 10.0. The molecule has 2 nitrogen and oxygen atoms in total. The molecule has 0 bridgehead atoms. The molecule has 2 aromatic carbocycles. The number of nitrogens with one attached hydrogen (secondary N) is 1. The molecule has 0 radical (unpaired) electrons. The molecule has 0 saturated carbocycles. The van der Waals surface area contributed by atoms with Gasteiger partial charge in [-0.05, 0) is 43.5 Å². The summed E-state index contributed by atoms with van der Waals surface area (Å²) in [6.07, 6.45) is 0.873. The third-order valence-corrected chi connectivity index (χ3v) is 4.07. The van der Waals surface area contributed by atoms with Crippen molar-refractivity contribution in [2.24, 2.45) is 5.73 Å². The average Bonchev–Trinajstić information content (AvgIpc) is 2.50. The number of rotatable bonds is 6. The van der Waals surface area contributed by atoms with E-state index in [0.717, 1.165) is 11.4 Å². The van der Waals surface area contributed by atoms with Crippen molar-refractivity contribution in [1.82, 2.24) is 5.32 Å². The van der Waals surface area contributed by atoms with Crippen molar-refractivity contribution >= 4 is 11.6 Å². The molecule has 0 amide bonds. The van der Waals surface area contributed by atoms with Crippen molar-refractivity contribution in [2.45, 2.75) is 31.8 Å². The molecule has 0 aliphatic heterocycles. The monoisotopic (exact) mass is 302 g/mol. The largest absolute Gasteiger partial charge is 0.329 e. The highest BCUT2D eigenvalue weighted by Gasteiger charge is 2.25. The average molecular weight is 303 g/mol. The quantitative estimate of drug-likeness (QED) is 0.848. The van der Waals surface area contributed by atoms with E-state index in [2.05, 4.69) is 55.6 Å². The molecule has 0 aliphatic rings. The Bertz CT molecular complexity index is 553. The van der Waals surface area contributed by atoms with Crippen LogP contribution in [0.5, 0.6) is 0 Å². The summed E-state index contributed by atoms with van der Waals surface area (Å²) in [5.74, 6) is 0. The summed E-state index contributed by atoms with van der Waals surface area (Å²) in [5.41, 5.74) is 8.38. The second kappa shape index (κ2) is 7.08. The van der Waals surface area contributed by atoms with Crippen molar-refractivity contribution < 1.29 is 0 Å². The number of nitrogens with two attached hydrogens (primary N) is 1. The summed E-state index contributed by atoms with van der Waals surface area (Å²) in [5, 5.41) is 4.43. The first-order valence-electron chi connectivity index (χ1n) is 7.29. The zero-order valence-electron chi connectivity index (χ0n) is 12.6. The Hall–Kier alpha value is -1.35. The minimum absolute atomic E-state index is 0.150. The minimum Gasteiger partial charge on any atom is -0.329 e. The van der Waals surface area contributed by atoms with Crippen LogP contribution in [0.15, 0.2) is 54.6 Å². The molecular weight excluding hydrogens is 280 g/mol. The Labute approximate surface area is 132 Å². The highest BCUT2D eigenvalue weighted by atomic mass is 35.5. The molecule has 112 valence electrons. The van der Waals surface area contributed by atoms with Crippen LogP contribution in [-0.2, 0) is 6.42 Å². The van der Waals surface area contributed by atoms with Crippen molar-refractivity contribution in [2.75, 3.05) is 6.54 Å². The van der Waals surface area contributed by atoms with Crippen molar-refractivity contribution in [3.8, 4) is 0 Å². The van der Waals surface area contributed by atoms with Gasteiger partial charge in [0.1, 0.15) is 0 Å². The molecule has 0 aliphatic carbocycles. The number of benzene rings is 2. The first-order valence-corrected chi connectivity index (χ1v) is 7.67. The standard InChI is InChI=1S/C18H23ClN2/c1-14(16-6-4-3-5-7-16)21-18(2,13-20)12-15-8-10-17(19)11-9-15/h3-11,14,21H,12-13,20H2,1-2H3. The second-order valence-electron chi connectivity index (χ2n) is 5.84. The van der Waals surface area contributed by atoms with Crippen LogP contribution in [0.4, 0.5) is 0 Å². The highest BCUT2D eigenvalue weighted by molar-refractivity contribution is 6.30. The summed E-state index contributed by atoms with van der Waals surface area (Å²) in [6.45, 7) is 4.92. The summed E-state index contributed by atoms with van der Waals surface area (Å²) >= 11 is 5.94. The van der Waals surface area contributed by atoms with Crippen molar-refractivity contribution in [1.29, 1.82) is 0 Å². The van der Waals surface area contributed by atoms with Crippen LogP contribution in [0.2, 0.25) is 5.02 Å². The van der Waals surface area contributed by atoms with Gasteiger partial charge in [-0.15, -0.1) is 0 Å². The maximum absolute atomic E-state index is 6.02. The minimum atomic E-state index is -0.150. The second-order valence-corrected chi connectivity index (χ2v) is 6.28. The van der Waals surface area contributed by atoms with Crippen LogP contribution in [0.25, 0.3) is 0 Å². The number of hydrogen-bond acceptors (Lipinski definition) is 2. The molecule has 0 saturated heterocycles. The smallest absolute Gasteiger partial charge is 0.0406 e. The zero-order chi connectivity index (χ0) is 15.3. The Kier molecular flexibility index (Phi) is 5.40. The van der Waals surface area contributed by atoms with Gasteiger partial charge in [-0.1, -0.05) is 54.1 Å². The molecule has 21 heavy (non-hydrogen) atoms. The van der Waals surface area contributed by atoms with E-state index in [4.69, 9.17) is 17.3 Å². The maximum atomic E-state index is 6.02. The van der Waals surface area contributed by atoms with E-state index in [1.54, 1.807) is 0 Å². The lowest BCUT2D eigenvalue weighted by atomic mass is 9.91. The number of hydrogen-bond donors (Lipinski definition) is 2. The van der Waals surface area contributed by atoms with Gasteiger partial charge in [0.05, 0.1) is 0 Å². The summed E-state index contributed by atoms with van der Waals surface area (Å²) in [7, 11) is 0. The fraction of sp³-hybridized carbons (Fsp3) is 0.333. The Morgan fingerprint density at radius 3 is 2.29 bits per heavy atom. The van der Waals surface area contributed by atoms with Crippen LogP contribution >= 0.6 is 11.6 Å². The third kappa shape index (κ3) is 4.57. The molecule has 2 unspecified atom stereocenters. The molecule has 3 N–H and O–H groups in total. The Balaban J connectivity index is 2.08. The van der Waals surface area contributed by atoms with E-state index in [1.807, 2.05) is 18.2 Å². The Morgan fingerprint density at radius 2 is 1.71 bits per heavy atom. The van der Waals surface area contributed by atoms with Gasteiger partial charge in [0, 0.05) is 23.1 Å². The van der Waals surface area contributed by atoms with Crippen LogP contribution in [0.3, 0.4) is 0 Å².